The van der Waals surface area contributed by atoms with Crippen molar-refractivity contribution in [2.75, 3.05) is 7.05 Å². The minimum atomic E-state index is 0.817. The third-order valence-electron chi connectivity index (χ3n) is 5.16. The molecular formula is C19H39N. The van der Waals surface area contributed by atoms with Crippen molar-refractivity contribution in [1.29, 1.82) is 0 Å². The molecule has 20 heavy (non-hydrogen) atoms. The summed E-state index contributed by atoms with van der Waals surface area (Å²) in [7, 11) is 2.13. The first-order valence-corrected chi connectivity index (χ1v) is 9.54. The van der Waals surface area contributed by atoms with Gasteiger partial charge in [-0.15, -0.1) is 0 Å². The second kappa shape index (κ2) is 12.7. The molecule has 0 aromatic heterocycles. The van der Waals surface area contributed by atoms with E-state index in [-0.39, 0.29) is 0 Å². The van der Waals surface area contributed by atoms with Crippen LogP contribution in [0.5, 0.6) is 0 Å². The van der Waals surface area contributed by atoms with Gasteiger partial charge in [0, 0.05) is 6.04 Å². The van der Waals surface area contributed by atoms with Gasteiger partial charge in [-0.25, -0.2) is 0 Å². The zero-order chi connectivity index (χ0) is 14.5. The standard InChI is InChI=1S/C19H39N/c1-3-4-5-6-7-8-9-10-11-12-14-18-15-13-16-19(17-18)20-2/h18-20H,3-17H2,1-2H3. The molecule has 1 fully saturated rings. The van der Waals surface area contributed by atoms with E-state index >= 15 is 0 Å². The van der Waals surface area contributed by atoms with Gasteiger partial charge in [0.1, 0.15) is 0 Å². The van der Waals surface area contributed by atoms with Crippen LogP contribution in [-0.2, 0) is 0 Å². The van der Waals surface area contributed by atoms with Crippen LogP contribution in [0.25, 0.3) is 0 Å². The van der Waals surface area contributed by atoms with Crippen LogP contribution in [0.1, 0.15) is 103 Å². The molecule has 1 aliphatic carbocycles. The van der Waals surface area contributed by atoms with Gasteiger partial charge in [0.25, 0.3) is 0 Å². The average molecular weight is 282 g/mol. The molecule has 0 bridgehead atoms. The van der Waals surface area contributed by atoms with Crippen LogP contribution in [0.2, 0.25) is 0 Å². The van der Waals surface area contributed by atoms with Crippen molar-refractivity contribution in [3.63, 3.8) is 0 Å². The lowest BCUT2D eigenvalue weighted by molar-refractivity contribution is 0.276. The monoisotopic (exact) mass is 281 g/mol. The van der Waals surface area contributed by atoms with Crippen LogP contribution in [0.3, 0.4) is 0 Å². The Hall–Kier alpha value is -0.0400. The van der Waals surface area contributed by atoms with Gasteiger partial charge in [0.2, 0.25) is 0 Å². The third kappa shape index (κ3) is 9.00. The molecule has 120 valence electrons. The van der Waals surface area contributed by atoms with Crippen molar-refractivity contribution in [1.82, 2.24) is 5.32 Å². The van der Waals surface area contributed by atoms with Crippen LogP contribution in [0.4, 0.5) is 0 Å². The van der Waals surface area contributed by atoms with E-state index in [4.69, 9.17) is 0 Å². The topological polar surface area (TPSA) is 12.0 Å². The van der Waals surface area contributed by atoms with Gasteiger partial charge in [-0.05, 0) is 25.8 Å². The first-order valence-electron chi connectivity index (χ1n) is 9.54. The highest BCUT2D eigenvalue weighted by Crippen LogP contribution is 2.28. The van der Waals surface area contributed by atoms with E-state index in [1.807, 2.05) is 0 Å². The summed E-state index contributed by atoms with van der Waals surface area (Å²) in [6, 6.07) is 0.817. The first-order chi connectivity index (χ1) is 9.86. The smallest absolute Gasteiger partial charge is 0.00667 e. The third-order valence-corrected chi connectivity index (χ3v) is 5.16. The van der Waals surface area contributed by atoms with Gasteiger partial charge < -0.3 is 5.32 Å². The summed E-state index contributed by atoms with van der Waals surface area (Å²) in [6.07, 6.45) is 21.9. The molecule has 1 rings (SSSR count). The Morgan fingerprint density at radius 2 is 1.40 bits per heavy atom. The average Bonchev–Trinajstić information content (AvgIpc) is 2.49. The molecule has 1 N–H and O–H groups in total. The number of nitrogens with one attached hydrogen (secondary N) is 1. The fraction of sp³-hybridized carbons (Fsp3) is 1.00. The Kier molecular flexibility index (Phi) is 11.4. The molecule has 0 heterocycles. The van der Waals surface area contributed by atoms with E-state index in [2.05, 4.69) is 19.3 Å². The van der Waals surface area contributed by atoms with Gasteiger partial charge in [-0.3, -0.25) is 0 Å². The van der Waals surface area contributed by atoms with E-state index in [9.17, 15) is 0 Å². The summed E-state index contributed by atoms with van der Waals surface area (Å²) in [4.78, 5) is 0. The predicted molar refractivity (Wildman–Crippen MR) is 91.3 cm³/mol. The highest BCUT2D eigenvalue weighted by Gasteiger charge is 2.19. The molecule has 0 aromatic rings. The van der Waals surface area contributed by atoms with Crippen LogP contribution in [0, 0.1) is 5.92 Å². The van der Waals surface area contributed by atoms with Gasteiger partial charge in [0.15, 0.2) is 0 Å². The lowest BCUT2D eigenvalue weighted by Crippen LogP contribution is -2.31. The zero-order valence-corrected chi connectivity index (χ0v) is 14.3. The lowest BCUT2D eigenvalue weighted by Gasteiger charge is -2.28. The quantitative estimate of drug-likeness (QED) is 0.428. The Balaban J connectivity index is 1.82. The lowest BCUT2D eigenvalue weighted by atomic mass is 9.82. The molecule has 1 heteroatoms. The molecule has 1 nitrogen and oxygen atoms in total. The Bertz CT molecular complexity index is 202. The molecule has 0 aromatic carbocycles. The van der Waals surface area contributed by atoms with Crippen molar-refractivity contribution < 1.29 is 0 Å². The van der Waals surface area contributed by atoms with E-state index in [1.54, 1.807) is 0 Å². The summed E-state index contributed by atoms with van der Waals surface area (Å²) in [5.74, 6) is 1.02. The molecule has 1 aliphatic rings. The highest BCUT2D eigenvalue weighted by molar-refractivity contribution is 4.76. The van der Waals surface area contributed by atoms with Crippen LogP contribution < -0.4 is 5.32 Å². The maximum atomic E-state index is 3.47. The molecule has 1 saturated carbocycles. The van der Waals surface area contributed by atoms with Crippen molar-refractivity contribution in [2.24, 2.45) is 5.92 Å². The Morgan fingerprint density at radius 3 is 2.00 bits per heavy atom. The molecule has 2 unspecified atom stereocenters. The van der Waals surface area contributed by atoms with Gasteiger partial charge >= 0.3 is 0 Å². The molecule has 0 saturated heterocycles. The maximum Gasteiger partial charge on any atom is 0.00667 e. The minimum absolute atomic E-state index is 0.817. The second-order valence-electron chi connectivity index (χ2n) is 6.99. The SMILES string of the molecule is CCCCCCCCCCCCC1CCCC(NC)C1. The van der Waals surface area contributed by atoms with Gasteiger partial charge in [0.05, 0.1) is 0 Å². The molecule has 0 aliphatic heterocycles. The van der Waals surface area contributed by atoms with Crippen LogP contribution in [-0.4, -0.2) is 13.1 Å². The predicted octanol–water partition coefficient (Wildman–Crippen LogP) is 6.08. The Labute approximate surface area is 128 Å². The van der Waals surface area contributed by atoms with Crippen LogP contribution >= 0.6 is 0 Å². The maximum absolute atomic E-state index is 3.47. The summed E-state index contributed by atoms with van der Waals surface area (Å²) in [5, 5.41) is 3.47. The number of unbranched alkanes of at least 4 members (excludes halogenated alkanes) is 9. The number of rotatable bonds is 12. The van der Waals surface area contributed by atoms with Crippen molar-refractivity contribution in [3.8, 4) is 0 Å². The van der Waals surface area contributed by atoms with E-state index in [1.165, 1.54) is 96.3 Å². The summed E-state index contributed by atoms with van der Waals surface area (Å²) in [6.45, 7) is 2.30. The van der Waals surface area contributed by atoms with Crippen molar-refractivity contribution in [3.05, 3.63) is 0 Å². The van der Waals surface area contributed by atoms with Crippen LogP contribution in [0.15, 0.2) is 0 Å². The molecule has 0 amide bonds. The summed E-state index contributed by atoms with van der Waals surface area (Å²) in [5.41, 5.74) is 0. The highest BCUT2D eigenvalue weighted by atomic mass is 14.9. The van der Waals surface area contributed by atoms with E-state index in [0.717, 1.165) is 12.0 Å². The summed E-state index contributed by atoms with van der Waals surface area (Å²) >= 11 is 0. The zero-order valence-electron chi connectivity index (χ0n) is 14.3. The van der Waals surface area contributed by atoms with Crippen molar-refractivity contribution >= 4 is 0 Å². The fourth-order valence-corrected chi connectivity index (χ4v) is 3.74. The number of hydrogen-bond acceptors (Lipinski definition) is 1. The first kappa shape index (κ1) is 18.0. The van der Waals surface area contributed by atoms with Gasteiger partial charge in [-0.1, -0.05) is 90.4 Å². The number of hydrogen-bond donors (Lipinski definition) is 1. The van der Waals surface area contributed by atoms with Gasteiger partial charge in [-0.2, -0.15) is 0 Å². The van der Waals surface area contributed by atoms with E-state index < -0.39 is 0 Å². The molecular weight excluding hydrogens is 242 g/mol. The van der Waals surface area contributed by atoms with E-state index in [0.29, 0.717) is 0 Å². The second-order valence-corrected chi connectivity index (χ2v) is 6.99. The largest absolute Gasteiger partial charge is 0.317 e. The fourth-order valence-electron chi connectivity index (χ4n) is 3.74. The minimum Gasteiger partial charge on any atom is -0.317 e. The molecule has 2 atom stereocenters. The summed E-state index contributed by atoms with van der Waals surface area (Å²) < 4.78 is 0. The Morgan fingerprint density at radius 1 is 0.800 bits per heavy atom. The van der Waals surface area contributed by atoms with Crippen molar-refractivity contribution in [2.45, 2.75) is 109 Å². The normalized spacial score (nSPS) is 23.1. The molecule has 0 radical (unpaired) electrons. The molecule has 0 spiro atoms.